The molecular formula is C26H29BrN2O. The van der Waals surface area contributed by atoms with Gasteiger partial charge in [0.25, 0.3) is 0 Å². The number of anilines is 1. The van der Waals surface area contributed by atoms with Crippen molar-refractivity contribution in [1.29, 1.82) is 0 Å². The molecule has 3 aliphatic rings. The molecule has 0 saturated heterocycles. The molecule has 1 aliphatic carbocycles. The number of hydrogen-bond donors (Lipinski definition) is 1. The first-order chi connectivity index (χ1) is 14.7. The van der Waals surface area contributed by atoms with Crippen LogP contribution in [-0.2, 0) is 16.6 Å². The molecule has 1 atom stereocenters. The first kappa shape index (κ1) is 20.0. The van der Waals surface area contributed by atoms with Gasteiger partial charge in [0.05, 0.1) is 5.41 Å². The molecule has 156 valence electrons. The van der Waals surface area contributed by atoms with Crippen LogP contribution in [0, 0.1) is 0 Å². The topological polar surface area (TPSA) is 32.3 Å². The van der Waals surface area contributed by atoms with Crippen LogP contribution in [0.15, 0.2) is 53.0 Å². The molecule has 1 N–H and O–H groups in total. The van der Waals surface area contributed by atoms with Gasteiger partial charge in [-0.25, -0.2) is 0 Å². The van der Waals surface area contributed by atoms with Gasteiger partial charge in [0.15, 0.2) is 0 Å². The van der Waals surface area contributed by atoms with E-state index in [-0.39, 0.29) is 11.3 Å². The van der Waals surface area contributed by atoms with Crippen molar-refractivity contribution >= 4 is 33.1 Å². The van der Waals surface area contributed by atoms with Crippen LogP contribution >= 0.6 is 15.9 Å². The molecular weight excluding hydrogens is 436 g/mol. The predicted molar refractivity (Wildman–Crippen MR) is 127 cm³/mol. The van der Waals surface area contributed by atoms with Crippen molar-refractivity contribution in [2.45, 2.75) is 50.4 Å². The normalized spacial score (nSPS) is 23.1. The molecule has 2 aromatic rings. The van der Waals surface area contributed by atoms with Gasteiger partial charge in [-0.15, -0.1) is 0 Å². The molecule has 1 amide bonds. The summed E-state index contributed by atoms with van der Waals surface area (Å²) in [6.45, 7) is 3.29. The number of nitrogens with one attached hydrogen (secondary N) is 1. The van der Waals surface area contributed by atoms with E-state index in [9.17, 15) is 4.79 Å². The summed E-state index contributed by atoms with van der Waals surface area (Å²) in [7, 11) is 0. The van der Waals surface area contributed by atoms with Gasteiger partial charge in [-0.05, 0) is 79.5 Å². The highest BCUT2D eigenvalue weighted by molar-refractivity contribution is 9.10. The Morgan fingerprint density at radius 2 is 1.93 bits per heavy atom. The lowest BCUT2D eigenvalue weighted by molar-refractivity contribution is -0.121. The van der Waals surface area contributed by atoms with Crippen molar-refractivity contribution in [3.8, 4) is 0 Å². The van der Waals surface area contributed by atoms with Crippen LogP contribution in [0.5, 0.6) is 0 Å². The van der Waals surface area contributed by atoms with Crippen LogP contribution < -0.4 is 5.32 Å². The summed E-state index contributed by atoms with van der Waals surface area (Å²) in [5.74, 6) is 0.227. The Kier molecular flexibility index (Phi) is 5.55. The number of unbranched alkanes of at least 4 members (excludes halogenated alkanes) is 1. The molecule has 30 heavy (non-hydrogen) atoms. The van der Waals surface area contributed by atoms with Gasteiger partial charge in [-0.2, -0.15) is 0 Å². The van der Waals surface area contributed by atoms with E-state index in [2.05, 4.69) is 74.7 Å². The Morgan fingerprint density at radius 1 is 1.07 bits per heavy atom. The SMILES string of the molecule is O=C1Nc2ccc(Br)c3c2C1(CCCCN1CC=C(c2ccccc2)CC1)CCC3. The molecule has 0 fully saturated rings. The van der Waals surface area contributed by atoms with E-state index in [1.165, 1.54) is 22.3 Å². The minimum absolute atomic E-state index is 0.227. The Bertz CT molecular complexity index is 984. The van der Waals surface area contributed by atoms with Gasteiger partial charge >= 0.3 is 0 Å². The van der Waals surface area contributed by atoms with Crippen LogP contribution in [0.1, 0.15) is 55.2 Å². The summed E-state index contributed by atoms with van der Waals surface area (Å²) in [6.07, 6.45) is 9.90. The third kappa shape index (κ3) is 3.54. The van der Waals surface area contributed by atoms with Gasteiger partial charge in [-0.3, -0.25) is 9.69 Å². The van der Waals surface area contributed by atoms with Crippen LogP contribution in [0.3, 0.4) is 0 Å². The van der Waals surface area contributed by atoms with Crippen molar-refractivity contribution in [2.24, 2.45) is 0 Å². The molecule has 0 aromatic heterocycles. The van der Waals surface area contributed by atoms with E-state index in [0.717, 1.165) is 74.7 Å². The Hall–Kier alpha value is -1.91. The zero-order valence-electron chi connectivity index (χ0n) is 17.4. The fourth-order valence-electron chi connectivity index (χ4n) is 5.63. The highest BCUT2D eigenvalue weighted by Gasteiger charge is 2.49. The van der Waals surface area contributed by atoms with Crippen LogP contribution in [0.25, 0.3) is 5.57 Å². The minimum Gasteiger partial charge on any atom is -0.325 e. The number of nitrogens with zero attached hydrogens (tertiary/aromatic N) is 1. The number of benzene rings is 2. The lowest BCUT2D eigenvalue weighted by Crippen LogP contribution is -2.37. The van der Waals surface area contributed by atoms with E-state index in [0.29, 0.717) is 0 Å². The van der Waals surface area contributed by atoms with E-state index in [1.54, 1.807) is 0 Å². The molecule has 3 nitrogen and oxygen atoms in total. The van der Waals surface area contributed by atoms with Crippen molar-refractivity contribution in [3.05, 3.63) is 69.7 Å². The molecule has 2 aliphatic heterocycles. The second-order valence-corrected chi connectivity index (χ2v) is 9.80. The quantitative estimate of drug-likeness (QED) is 0.536. The third-order valence-corrected chi connectivity index (χ3v) is 7.96. The minimum atomic E-state index is -0.297. The summed E-state index contributed by atoms with van der Waals surface area (Å²) in [5.41, 5.74) is 6.24. The fourth-order valence-corrected chi connectivity index (χ4v) is 6.16. The van der Waals surface area contributed by atoms with Crippen LogP contribution in [0.4, 0.5) is 5.69 Å². The number of rotatable bonds is 6. The number of carbonyl (C=O) groups excluding carboxylic acids is 1. The highest BCUT2D eigenvalue weighted by Crippen LogP contribution is 2.51. The van der Waals surface area contributed by atoms with Crippen molar-refractivity contribution in [1.82, 2.24) is 4.90 Å². The molecule has 0 spiro atoms. The average Bonchev–Trinajstić information content (AvgIpc) is 3.08. The molecule has 5 rings (SSSR count). The molecule has 0 saturated carbocycles. The number of halogens is 1. The zero-order chi connectivity index (χ0) is 20.6. The van der Waals surface area contributed by atoms with E-state index < -0.39 is 0 Å². The number of amides is 1. The maximum absolute atomic E-state index is 13.0. The zero-order valence-corrected chi connectivity index (χ0v) is 19.0. The largest absolute Gasteiger partial charge is 0.325 e. The predicted octanol–water partition coefficient (Wildman–Crippen LogP) is 5.93. The van der Waals surface area contributed by atoms with Gasteiger partial charge < -0.3 is 5.32 Å². The van der Waals surface area contributed by atoms with Gasteiger partial charge in [0.1, 0.15) is 0 Å². The molecule has 2 heterocycles. The summed E-state index contributed by atoms with van der Waals surface area (Å²) in [5, 5.41) is 3.18. The smallest absolute Gasteiger partial charge is 0.235 e. The standard InChI is InChI=1S/C26H29BrN2O/c27-22-10-11-23-24-21(22)9-6-15-26(24,25(30)28-23)14-4-5-16-29-17-12-20(13-18-29)19-7-2-1-3-8-19/h1-3,7-8,10-12H,4-6,9,13-18H2,(H,28,30). The third-order valence-electron chi connectivity index (χ3n) is 7.21. The Balaban J connectivity index is 1.19. The van der Waals surface area contributed by atoms with Crippen molar-refractivity contribution in [3.63, 3.8) is 0 Å². The molecule has 1 unspecified atom stereocenters. The van der Waals surface area contributed by atoms with E-state index in [4.69, 9.17) is 0 Å². The van der Waals surface area contributed by atoms with Crippen LogP contribution in [0.2, 0.25) is 0 Å². The maximum atomic E-state index is 13.0. The Labute approximate surface area is 187 Å². The van der Waals surface area contributed by atoms with Gasteiger partial charge in [-0.1, -0.05) is 58.8 Å². The fraction of sp³-hybridized carbons (Fsp3) is 0.423. The van der Waals surface area contributed by atoms with Gasteiger partial charge in [0, 0.05) is 23.2 Å². The summed E-state index contributed by atoms with van der Waals surface area (Å²) in [4.78, 5) is 15.6. The van der Waals surface area contributed by atoms with Crippen molar-refractivity contribution < 1.29 is 4.79 Å². The summed E-state index contributed by atoms with van der Waals surface area (Å²) in [6, 6.07) is 14.9. The van der Waals surface area contributed by atoms with Crippen LogP contribution in [-0.4, -0.2) is 30.4 Å². The average molecular weight is 465 g/mol. The Morgan fingerprint density at radius 3 is 2.73 bits per heavy atom. The summed E-state index contributed by atoms with van der Waals surface area (Å²) < 4.78 is 1.16. The van der Waals surface area contributed by atoms with Gasteiger partial charge in [0.2, 0.25) is 5.91 Å². The van der Waals surface area contributed by atoms with Crippen molar-refractivity contribution in [2.75, 3.05) is 25.0 Å². The molecule has 4 heteroatoms. The summed E-state index contributed by atoms with van der Waals surface area (Å²) >= 11 is 3.72. The lowest BCUT2D eigenvalue weighted by atomic mass is 9.68. The second-order valence-electron chi connectivity index (χ2n) is 8.94. The second kappa shape index (κ2) is 8.32. The maximum Gasteiger partial charge on any atom is 0.235 e. The molecule has 0 bridgehead atoms. The molecule has 2 aromatic carbocycles. The van der Waals surface area contributed by atoms with E-state index in [1.807, 2.05) is 0 Å². The number of hydrogen-bond acceptors (Lipinski definition) is 2. The molecule has 0 radical (unpaired) electrons. The highest BCUT2D eigenvalue weighted by atomic mass is 79.9. The number of carbonyl (C=O) groups is 1. The lowest BCUT2D eigenvalue weighted by Gasteiger charge is -2.34. The first-order valence-corrected chi connectivity index (χ1v) is 12.1. The first-order valence-electron chi connectivity index (χ1n) is 11.3. The monoisotopic (exact) mass is 464 g/mol. The van der Waals surface area contributed by atoms with E-state index >= 15 is 0 Å².